The monoisotopic (exact) mass is 472 g/mol. The summed E-state index contributed by atoms with van der Waals surface area (Å²) in [6.45, 7) is 2.21. The van der Waals surface area contributed by atoms with Crippen molar-refractivity contribution in [2.24, 2.45) is 5.92 Å². The van der Waals surface area contributed by atoms with E-state index in [0.29, 0.717) is 12.0 Å². The minimum Gasteiger partial charge on any atom is -0.207 e. The maximum atomic E-state index is 15.0. The second-order valence-corrected chi connectivity index (χ2v) is 9.43. The molecule has 1 aliphatic rings. The van der Waals surface area contributed by atoms with Gasteiger partial charge in [0, 0.05) is 11.6 Å². The van der Waals surface area contributed by atoms with Gasteiger partial charge in [0.1, 0.15) is 29.1 Å². The lowest BCUT2D eigenvalue weighted by molar-refractivity contribution is 0.302. The molecule has 3 aromatic carbocycles. The molecule has 1 saturated carbocycles. The number of halogens is 5. The van der Waals surface area contributed by atoms with E-state index in [-0.39, 0.29) is 16.7 Å². The highest BCUT2D eigenvalue weighted by atomic mass is 19.1. The van der Waals surface area contributed by atoms with Crippen molar-refractivity contribution in [2.75, 3.05) is 0 Å². The summed E-state index contributed by atoms with van der Waals surface area (Å²) in [6.07, 6.45) is 9.38. The van der Waals surface area contributed by atoms with E-state index >= 15 is 4.39 Å². The average Bonchev–Trinajstić information content (AvgIpc) is 2.78. The lowest BCUT2D eigenvalue weighted by Crippen LogP contribution is -2.13. The van der Waals surface area contributed by atoms with Crippen LogP contribution in [0.2, 0.25) is 0 Å². The van der Waals surface area contributed by atoms with Gasteiger partial charge in [-0.15, -0.1) is 0 Å². The van der Waals surface area contributed by atoms with Gasteiger partial charge in [0.15, 0.2) is 0 Å². The SMILES string of the molecule is CCCCCC1CCC(c2ccc(-c3cc(F)c(-c4cc(F)cc(F)c4)c(F)c3)c(F)c2)CC1. The van der Waals surface area contributed by atoms with E-state index in [1.807, 2.05) is 6.07 Å². The predicted octanol–water partition coefficient (Wildman–Crippen LogP) is 9.57. The van der Waals surface area contributed by atoms with Crippen LogP contribution in [0.15, 0.2) is 48.5 Å². The maximum absolute atomic E-state index is 15.0. The molecule has 0 amide bonds. The number of rotatable bonds is 7. The van der Waals surface area contributed by atoms with E-state index in [1.165, 1.54) is 31.7 Å². The van der Waals surface area contributed by atoms with Crippen LogP contribution in [-0.4, -0.2) is 0 Å². The standard InChI is InChI=1S/C29H29F5/c1-2-3-4-5-18-6-8-19(9-7-18)20-10-11-25(26(32)14-20)21-15-27(33)29(28(34)16-21)22-12-23(30)17-24(31)13-22/h10-19H,2-9H2,1H3. The van der Waals surface area contributed by atoms with Crippen LogP contribution < -0.4 is 0 Å². The summed E-state index contributed by atoms with van der Waals surface area (Å²) in [5.41, 5.74) is 0.252. The average molecular weight is 473 g/mol. The highest BCUT2D eigenvalue weighted by Crippen LogP contribution is 2.39. The summed E-state index contributed by atoms with van der Waals surface area (Å²) in [5.74, 6) is -3.38. The van der Waals surface area contributed by atoms with Crippen molar-refractivity contribution < 1.29 is 22.0 Å². The zero-order valence-corrected chi connectivity index (χ0v) is 19.3. The van der Waals surface area contributed by atoms with Crippen molar-refractivity contribution in [2.45, 2.75) is 64.2 Å². The van der Waals surface area contributed by atoms with Crippen molar-refractivity contribution in [3.63, 3.8) is 0 Å². The van der Waals surface area contributed by atoms with Crippen molar-refractivity contribution in [1.82, 2.24) is 0 Å². The molecule has 4 rings (SSSR count). The third-order valence-electron chi connectivity index (χ3n) is 7.03. The van der Waals surface area contributed by atoms with Gasteiger partial charge in [-0.2, -0.15) is 0 Å². The van der Waals surface area contributed by atoms with Gasteiger partial charge in [0.2, 0.25) is 0 Å². The Bertz CT molecular complexity index is 1100. The minimum absolute atomic E-state index is 0.0410. The van der Waals surface area contributed by atoms with Crippen LogP contribution >= 0.6 is 0 Å². The third kappa shape index (κ3) is 5.51. The van der Waals surface area contributed by atoms with E-state index in [2.05, 4.69) is 6.92 Å². The molecule has 1 aliphatic carbocycles. The highest BCUT2D eigenvalue weighted by molar-refractivity contribution is 5.72. The van der Waals surface area contributed by atoms with Crippen LogP contribution in [0.1, 0.15) is 69.8 Å². The number of benzene rings is 3. The summed E-state index contributed by atoms with van der Waals surface area (Å²) in [5, 5.41) is 0. The largest absolute Gasteiger partial charge is 0.207 e. The first kappa shape index (κ1) is 24.4. The molecule has 0 aromatic heterocycles. The van der Waals surface area contributed by atoms with Gasteiger partial charge < -0.3 is 0 Å². The Labute approximate surface area is 197 Å². The smallest absolute Gasteiger partial charge is 0.134 e. The molecular weight excluding hydrogens is 443 g/mol. The van der Waals surface area contributed by atoms with Crippen molar-refractivity contribution in [1.29, 1.82) is 0 Å². The van der Waals surface area contributed by atoms with Gasteiger partial charge >= 0.3 is 0 Å². The summed E-state index contributed by atoms with van der Waals surface area (Å²) < 4.78 is 71.6. The summed E-state index contributed by atoms with van der Waals surface area (Å²) >= 11 is 0. The Morgan fingerprint density at radius 2 is 1.32 bits per heavy atom. The fourth-order valence-electron chi connectivity index (χ4n) is 5.19. The lowest BCUT2D eigenvalue weighted by Gasteiger charge is -2.29. The molecule has 3 aromatic rings. The molecule has 0 spiro atoms. The molecule has 0 unspecified atom stereocenters. The Hall–Kier alpha value is -2.69. The van der Waals surface area contributed by atoms with Crippen molar-refractivity contribution in [3.05, 3.63) is 83.2 Å². The van der Waals surface area contributed by atoms with Crippen LogP contribution in [0.3, 0.4) is 0 Å². The molecule has 0 aliphatic heterocycles. The molecule has 0 N–H and O–H groups in total. The van der Waals surface area contributed by atoms with E-state index in [0.717, 1.165) is 61.4 Å². The molecule has 0 saturated heterocycles. The fraction of sp³-hybridized carbons (Fsp3) is 0.379. The number of hydrogen-bond donors (Lipinski definition) is 0. The van der Waals surface area contributed by atoms with Crippen LogP contribution in [0.25, 0.3) is 22.3 Å². The molecule has 1 fully saturated rings. The molecule has 0 radical (unpaired) electrons. The molecule has 5 heteroatoms. The zero-order chi connectivity index (χ0) is 24.2. The second kappa shape index (κ2) is 10.7. The first-order chi connectivity index (χ1) is 16.4. The normalized spacial score (nSPS) is 18.3. The van der Waals surface area contributed by atoms with Gasteiger partial charge in [-0.3, -0.25) is 0 Å². The molecule has 0 bridgehead atoms. The molecule has 180 valence electrons. The Morgan fingerprint density at radius 3 is 1.91 bits per heavy atom. The van der Waals surface area contributed by atoms with Crippen LogP contribution in [0.5, 0.6) is 0 Å². The Kier molecular flexibility index (Phi) is 7.70. The predicted molar refractivity (Wildman–Crippen MR) is 126 cm³/mol. The Balaban J connectivity index is 1.52. The molecule has 0 atom stereocenters. The first-order valence-electron chi connectivity index (χ1n) is 12.1. The topological polar surface area (TPSA) is 0 Å². The van der Waals surface area contributed by atoms with Gasteiger partial charge in [-0.25, -0.2) is 22.0 Å². The molecule has 0 heterocycles. The summed E-state index contributed by atoms with van der Waals surface area (Å²) in [7, 11) is 0. The minimum atomic E-state index is -1.01. The van der Waals surface area contributed by atoms with Gasteiger partial charge in [-0.1, -0.05) is 44.7 Å². The molecule has 34 heavy (non-hydrogen) atoms. The maximum Gasteiger partial charge on any atom is 0.134 e. The fourth-order valence-corrected chi connectivity index (χ4v) is 5.19. The van der Waals surface area contributed by atoms with Gasteiger partial charge in [0.25, 0.3) is 0 Å². The van der Waals surface area contributed by atoms with E-state index in [1.54, 1.807) is 6.07 Å². The number of hydrogen-bond acceptors (Lipinski definition) is 0. The van der Waals surface area contributed by atoms with E-state index < -0.39 is 34.6 Å². The quantitative estimate of drug-likeness (QED) is 0.237. The number of unbranched alkanes of at least 4 members (excludes halogenated alkanes) is 2. The second-order valence-electron chi connectivity index (χ2n) is 9.43. The van der Waals surface area contributed by atoms with Crippen LogP contribution in [-0.2, 0) is 0 Å². The highest BCUT2D eigenvalue weighted by Gasteiger charge is 2.23. The van der Waals surface area contributed by atoms with Gasteiger partial charge in [0.05, 0.1) is 5.56 Å². The summed E-state index contributed by atoms with van der Waals surface area (Å²) in [4.78, 5) is 0. The zero-order valence-electron chi connectivity index (χ0n) is 19.3. The molecule has 0 nitrogen and oxygen atoms in total. The van der Waals surface area contributed by atoms with Crippen molar-refractivity contribution >= 4 is 0 Å². The first-order valence-corrected chi connectivity index (χ1v) is 12.1. The van der Waals surface area contributed by atoms with E-state index in [4.69, 9.17) is 0 Å². The molecular formula is C29H29F5. The summed E-state index contributed by atoms with van der Waals surface area (Å²) in [6, 6.07) is 9.23. The van der Waals surface area contributed by atoms with Crippen LogP contribution in [0.4, 0.5) is 22.0 Å². The van der Waals surface area contributed by atoms with Gasteiger partial charge in [-0.05, 0) is 84.5 Å². The van der Waals surface area contributed by atoms with Crippen molar-refractivity contribution in [3.8, 4) is 22.3 Å². The van der Waals surface area contributed by atoms with Crippen LogP contribution in [0, 0.1) is 35.0 Å². The third-order valence-corrected chi connectivity index (χ3v) is 7.03. The Morgan fingerprint density at radius 1 is 0.676 bits per heavy atom. The lowest BCUT2D eigenvalue weighted by atomic mass is 9.77. The van der Waals surface area contributed by atoms with E-state index in [9.17, 15) is 17.6 Å².